The zero-order valence-electron chi connectivity index (χ0n) is 15.2. The van der Waals surface area contributed by atoms with Gasteiger partial charge in [0, 0.05) is 23.7 Å². The van der Waals surface area contributed by atoms with Crippen molar-refractivity contribution in [2.24, 2.45) is 0 Å². The van der Waals surface area contributed by atoms with Crippen molar-refractivity contribution in [3.8, 4) is 11.5 Å². The predicted octanol–water partition coefficient (Wildman–Crippen LogP) is 2.33. The van der Waals surface area contributed by atoms with Crippen LogP contribution in [0.25, 0.3) is 10.9 Å². The quantitative estimate of drug-likeness (QED) is 0.675. The molecule has 3 aromatic rings. The van der Waals surface area contributed by atoms with Gasteiger partial charge in [-0.05, 0) is 42.6 Å². The third kappa shape index (κ3) is 3.96. The molecule has 0 atom stereocenters. The molecular weight excluding hydrogens is 368 g/mol. The molecule has 0 aliphatic carbocycles. The van der Waals surface area contributed by atoms with Crippen LogP contribution in [0.2, 0.25) is 0 Å². The molecule has 0 fully saturated rings. The van der Waals surface area contributed by atoms with E-state index in [1.165, 1.54) is 26.4 Å². The number of fused-ring (bicyclic) bond motifs is 1. The van der Waals surface area contributed by atoms with E-state index in [9.17, 15) is 13.2 Å². The van der Waals surface area contributed by atoms with Crippen LogP contribution in [0.3, 0.4) is 0 Å². The van der Waals surface area contributed by atoms with E-state index in [0.29, 0.717) is 16.8 Å². The summed E-state index contributed by atoms with van der Waals surface area (Å²) in [6.45, 7) is 1.80. The summed E-state index contributed by atoms with van der Waals surface area (Å²) >= 11 is 0. The van der Waals surface area contributed by atoms with E-state index in [1.807, 2.05) is 25.1 Å². The maximum atomic E-state index is 12.7. The van der Waals surface area contributed by atoms with Gasteiger partial charge in [0.1, 0.15) is 16.4 Å². The van der Waals surface area contributed by atoms with E-state index >= 15 is 0 Å². The molecule has 142 valence electrons. The second-order valence-electron chi connectivity index (χ2n) is 6.06. The molecule has 1 heterocycles. The molecule has 2 aromatic carbocycles. The number of hydrogen-bond acceptors (Lipinski definition) is 5. The van der Waals surface area contributed by atoms with E-state index in [4.69, 9.17) is 9.47 Å². The van der Waals surface area contributed by atoms with Crippen molar-refractivity contribution in [3.63, 3.8) is 0 Å². The van der Waals surface area contributed by atoms with Crippen LogP contribution in [0.5, 0.6) is 11.5 Å². The molecule has 0 spiro atoms. The van der Waals surface area contributed by atoms with Gasteiger partial charge in [-0.15, -0.1) is 0 Å². The molecule has 8 heteroatoms. The van der Waals surface area contributed by atoms with Gasteiger partial charge in [0.2, 0.25) is 10.0 Å². The average Bonchev–Trinajstić information content (AvgIpc) is 2.66. The van der Waals surface area contributed by atoms with E-state index in [-0.39, 0.29) is 22.7 Å². The molecule has 0 saturated heterocycles. The number of sulfonamides is 1. The second-order valence-corrected chi connectivity index (χ2v) is 7.79. The van der Waals surface area contributed by atoms with Crippen molar-refractivity contribution >= 4 is 20.9 Å². The first-order valence-electron chi connectivity index (χ1n) is 8.18. The van der Waals surface area contributed by atoms with Crippen molar-refractivity contribution in [1.29, 1.82) is 0 Å². The van der Waals surface area contributed by atoms with Crippen molar-refractivity contribution in [3.05, 3.63) is 63.9 Å². The lowest BCUT2D eigenvalue weighted by atomic mass is 10.1. The van der Waals surface area contributed by atoms with Crippen molar-refractivity contribution in [1.82, 2.24) is 9.71 Å². The van der Waals surface area contributed by atoms with E-state index in [1.54, 1.807) is 12.1 Å². The highest BCUT2D eigenvalue weighted by molar-refractivity contribution is 7.89. The zero-order chi connectivity index (χ0) is 19.6. The van der Waals surface area contributed by atoms with Gasteiger partial charge in [-0.2, -0.15) is 0 Å². The lowest BCUT2D eigenvalue weighted by Crippen LogP contribution is -2.27. The Hall–Kier alpha value is -2.84. The topological polar surface area (TPSA) is 97.5 Å². The summed E-state index contributed by atoms with van der Waals surface area (Å²) < 4.78 is 38.1. The van der Waals surface area contributed by atoms with Crippen LogP contribution >= 0.6 is 0 Å². The zero-order valence-corrected chi connectivity index (χ0v) is 16.0. The fourth-order valence-corrected chi connectivity index (χ4v) is 3.94. The highest BCUT2D eigenvalue weighted by Gasteiger charge is 2.21. The standard InChI is InChI=1S/C19H20N2O5S/c1-12-4-6-16-13(8-12)9-14(19(22)21-16)11-20-27(23,24)18-10-15(25-2)5-7-17(18)26-3/h4-10,20H,11H2,1-3H3,(H,21,22). The Morgan fingerprint density at radius 2 is 1.81 bits per heavy atom. The van der Waals surface area contributed by atoms with Gasteiger partial charge in [-0.25, -0.2) is 13.1 Å². The Labute approximate surface area is 157 Å². The fourth-order valence-electron chi connectivity index (χ4n) is 2.75. The summed E-state index contributed by atoms with van der Waals surface area (Å²) in [5.74, 6) is 0.571. The molecule has 0 unspecified atom stereocenters. The summed E-state index contributed by atoms with van der Waals surface area (Å²) in [4.78, 5) is 15.0. The Morgan fingerprint density at radius 1 is 1.04 bits per heavy atom. The number of ether oxygens (including phenoxy) is 2. The average molecular weight is 388 g/mol. The minimum atomic E-state index is -3.92. The van der Waals surface area contributed by atoms with Crippen LogP contribution in [0, 0.1) is 6.92 Å². The Kier molecular flexibility index (Phi) is 5.20. The summed E-state index contributed by atoms with van der Waals surface area (Å²) in [5.41, 5.74) is 1.72. The van der Waals surface area contributed by atoms with Gasteiger partial charge in [0.05, 0.1) is 14.2 Å². The summed E-state index contributed by atoms with van der Waals surface area (Å²) in [7, 11) is -1.09. The minimum Gasteiger partial charge on any atom is -0.497 e. The first kappa shape index (κ1) is 18.9. The number of methoxy groups -OCH3 is 2. The summed E-state index contributed by atoms with van der Waals surface area (Å²) in [5, 5.41) is 0.836. The number of benzene rings is 2. The molecule has 0 amide bonds. The van der Waals surface area contributed by atoms with Crippen LogP contribution in [0.1, 0.15) is 11.1 Å². The molecule has 0 radical (unpaired) electrons. The lowest BCUT2D eigenvalue weighted by Gasteiger charge is -2.12. The summed E-state index contributed by atoms with van der Waals surface area (Å²) in [6.07, 6.45) is 0. The smallest absolute Gasteiger partial charge is 0.252 e. The third-order valence-electron chi connectivity index (χ3n) is 4.19. The minimum absolute atomic E-state index is 0.0580. The molecule has 2 N–H and O–H groups in total. The number of aromatic amines is 1. The number of H-pyrrole nitrogens is 1. The van der Waals surface area contributed by atoms with Crippen molar-refractivity contribution in [2.45, 2.75) is 18.4 Å². The lowest BCUT2D eigenvalue weighted by molar-refractivity contribution is 0.392. The number of aryl methyl sites for hydroxylation is 1. The molecule has 27 heavy (non-hydrogen) atoms. The number of pyridine rings is 1. The highest BCUT2D eigenvalue weighted by Crippen LogP contribution is 2.28. The normalized spacial score (nSPS) is 11.5. The molecule has 7 nitrogen and oxygen atoms in total. The Bertz CT molecular complexity index is 1150. The van der Waals surface area contributed by atoms with Crippen LogP contribution < -0.4 is 19.8 Å². The molecule has 3 rings (SSSR count). The van der Waals surface area contributed by atoms with Crippen molar-refractivity contribution in [2.75, 3.05) is 14.2 Å². The molecule has 0 aliphatic heterocycles. The van der Waals surface area contributed by atoms with E-state index in [2.05, 4.69) is 9.71 Å². The van der Waals surface area contributed by atoms with E-state index in [0.717, 1.165) is 10.9 Å². The number of hydrogen-bond donors (Lipinski definition) is 2. The van der Waals surface area contributed by atoms with Crippen LogP contribution in [-0.2, 0) is 16.6 Å². The number of nitrogens with one attached hydrogen (secondary N) is 2. The highest BCUT2D eigenvalue weighted by atomic mass is 32.2. The SMILES string of the molecule is COc1ccc(OC)c(S(=O)(=O)NCc2cc3cc(C)ccc3[nH]c2=O)c1. The number of aromatic nitrogens is 1. The van der Waals surface area contributed by atoms with Gasteiger partial charge in [-0.3, -0.25) is 4.79 Å². The molecule has 0 saturated carbocycles. The maximum Gasteiger partial charge on any atom is 0.252 e. The molecular formula is C19H20N2O5S. The molecule has 1 aromatic heterocycles. The van der Waals surface area contributed by atoms with Crippen LogP contribution in [0.15, 0.2) is 52.2 Å². The molecule has 0 bridgehead atoms. The van der Waals surface area contributed by atoms with Gasteiger partial charge < -0.3 is 14.5 Å². The second kappa shape index (κ2) is 7.42. The van der Waals surface area contributed by atoms with Gasteiger partial charge in [-0.1, -0.05) is 11.6 Å². The predicted molar refractivity (Wildman–Crippen MR) is 103 cm³/mol. The fraction of sp³-hybridized carbons (Fsp3) is 0.211. The maximum absolute atomic E-state index is 12.7. The Balaban J connectivity index is 1.93. The summed E-state index contributed by atoms with van der Waals surface area (Å²) in [6, 6.07) is 11.8. The Morgan fingerprint density at radius 3 is 2.52 bits per heavy atom. The number of rotatable bonds is 6. The first-order valence-corrected chi connectivity index (χ1v) is 9.66. The van der Waals surface area contributed by atoms with Gasteiger partial charge in [0.25, 0.3) is 5.56 Å². The molecule has 0 aliphatic rings. The van der Waals surface area contributed by atoms with Gasteiger partial charge >= 0.3 is 0 Å². The first-order chi connectivity index (χ1) is 12.8. The monoisotopic (exact) mass is 388 g/mol. The third-order valence-corrected chi connectivity index (χ3v) is 5.61. The van der Waals surface area contributed by atoms with Gasteiger partial charge in [0.15, 0.2) is 0 Å². The largest absolute Gasteiger partial charge is 0.497 e. The van der Waals surface area contributed by atoms with Crippen LogP contribution in [-0.4, -0.2) is 27.6 Å². The van der Waals surface area contributed by atoms with Crippen molar-refractivity contribution < 1.29 is 17.9 Å². The van der Waals surface area contributed by atoms with E-state index < -0.39 is 10.0 Å². The van der Waals surface area contributed by atoms with Crippen LogP contribution in [0.4, 0.5) is 0 Å².